The van der Waals surface area contributed by atoms with Crippen molar-refractivity contribution < 1.29 is 4.74 Å². The first-order valence-corrected chi connectivity index (χ1v) is 6.87. The molecule has 0 heterocycles. The molecule has 2 nitrogen and oxygen atoms in total. The molecule has 20 heavy (non-hydrogen) atoms. The van der Waals surface area contributed by atoms with E-state index in [1.165, 1.54) is 5.56 Å². The molecule has 0 aliphatic heterocycles. The zero-order valence-electron chi connectivity index (χ0n) is 12.0. The summed E-state index contributed by atoms with van der Waals surface area (Å²) in [5, 5.41) is 0. The second kappa shape index (κ2) is 6.92. The Morgan fingerprint density at radius 2 is 1.90 bits per heavy atom. The SMILES string of the molecule is Cc1cc([C@H](C)N)ccc1OC/C=C/c1ccccc1. The van der Waals surface area contributed by atoms with E-state index in [-0.39, 0.29) is 6.04 Å². The van der Waals surface area contributed by atoms with E-state index in [9.17, 15) is 0 Å². The third-order valence-electron chi connectivity index (χ3n) is 3.17. The maximum Gasteiger partial charge on any atom is 0.122 e. The van der Waals surface area contributed by atoms with Crippen LogP contribution in [0.5, 0.6) is 5.75 Å². The molecule has 0 aliphatic carbocycles. The Morgan fingerprint density at radius 3 is 2.55 bits per heavy atom. The minimum absolute atomic E-state index is 0.0562. The van der Waals surface area contributed by atoms with Gasteiger partial charge in [0.2, 0.25) is 0 Å². The molecule has 0 radical (unpaired) electrons. The number of ether oxygens (including phenoxy) is 1. The summed E-state index contributed by atoms with van der Waals surface area (Å²) in [6.07, 6.45) is 4.08. The van der Waals surface area contributed by atoms with Gasteiger partial charge in [-0.25, -0.2) is 0 Å². The summed E-state index contributed by atoms with van der Waals surface area (Å²) in [7, 11) is 0. The van der Waals surface area contributed by atoms with E-state index >= 15 is 0 Å². The van der Waals surface area contributed by atoms with Gasteiger partial charge in [0.05, 0.1) is 0 Å². The van der Waals surface area contributed by atoms with Crippen LogP contribution in [0.4, 0.5) is 0 Å². The van der Waals surface area contributed by atoms with E-state index in [1.807, 2.05) is 50.3 Å². The fourth-order valence-electron chi connectivity index (χ4n) is 2.00. The molecule has 0 saturated carbocycles. The lowest BCUT2D eigenvalue weighted by Crippen LogP contribution is -2.05. The third kappa shape index (κ3) is 3.97. The minimum Gasteiger partial charge on any atom is -0.489 e. The highest BCUT2D eigenvalue weighted by molar-refractivity contribution is 5.48. The normalized spacial score (nSPS) is 12.6. The number of aryl methyl sites for hydroxylation is 1. The quantitative estimate of drug-likeness (QED) is 0.885. The van der Waals surface area contributed by atoms with Crippen LogP contribution in [0, 0.1) is 6.92 Å². The number of nitrogens with two attached hydrogens (primary N) is 1. The van der Waals surface area contributed by atoms with Crippen molar-refractivity contribution in [3.63, 3.8) is 0 Å². The molecule has 2 aromatic rings. The van der Waals surface area contributed by atoms with E-state index in [1.54, 1.807) is 0 Å². The van der Waals surface area contributed by atoms with E-state index in [0.717, 1.165) is 16.9 Å². The van der Waals surface area contributed by atoms with Crippen molar-refractivity contribution in [2.45, 2.75) is 19.9 Å². The van der Waals surface area contributed by atoms with Crippen molar-refractivity contribution in [1.82, 2.24) is 0 Å². The van der Waals surface area contributed by atoms with Gasteiger partial charge < -0.3 is 10.5 Å². The number of rotatable bonds is 5. The summed E-state index contributed by atoms with van der Waals surface area (Å²) in [4.78, 5) is 0. The molecule has 2 aromatic carbocycles. The Morgan fingerprint density at radius 1 is 1.15 bits per heavy atom. The van der Waals surface area contributed by atoms with Gasteiger partial charge in [0.15, 0.2) is 0 Å². The maximum absolute atomic E-state index is 5.87. The van der Waals surface area contributed by atoms with Crippen LogP contribution in [0.1, 0.15) is 29.7 Å². The van der Waals surface area contributed by atoms with E-state index in [2.05, 4.69) is 24.3 Å². The van der Waals surface area contributed by atoms with Crippen LogP contribution < -0.4 is 10.5 Å². The zero-order valence-corrected chi connectivity index (χ0v) is 12.0. The third-order valence-corrected chi connectivity index (χ3v) is 3.17. The van der Waals surface area contributed by atoms with Crippen molar-refractivity contribution in [2.24, 2.45) is 5.73 Å². The van der Waals surface area contributed by atoms with Gasteiger partial charge in [-0.05, 0) is 42.7 Å². The fraction of sp³-hybridized carbons (Fsp3) is 0.222. The van der Waals surface area contributed by atoms with Crippen molar-refractivity contribution in [1.29, 1.82) is 0 Å². The van der Waals surface area contributed by atoms with Crippen LogP contribution >= 0.6 is 0 Å². The van der Waals surface area contributed by atoms with Gasteiger partial charge in [0.1, 0.15) is 12.4 Å². The Hall–Kier alpha value is -2.06. The Balaban J connectivity index is 1.93. The summed E-state index contributed by atoms with van der Waals surface area (Å²) in [6, 6.07) is 16.4. The number of hydrogen-bond acceptors (Lipinski definition) is 2. The lowest BCUT2D eigenvalue weighted by Gasteiger charge is -2.11. The highest BCUT2D eigenvalue weighted by Crippen LogP contribution is 2.21. The largest absolute Gasteiger partial charge is 0.489 e. The van der Waals surface area contributed by atoms with Crippen LogP contribution in [0.25, 0.3) is 6.08 Å². The van der Waals surface area contributed by atoms with E-state index in [0.29, 0.717) is 6.61 Å². The first kappa shape index (κ1) is 14.4. The van der Waals surface area contributed by atoms with Crippen LogP contribution in [-0.2, 0) is 0 Å². The van der Waals surface area contributed by atoms with Crippen molar-refractivity contribution >= 4 is 6.08 Å². The van der Waals surface area contributed by atoms with Gasteiger partial charge in [-0.3, -0.25) is 0 Å². The van der Waals surface area contributed by atoms with Crippen LogP contribution in [-0.4, -0.2) is 6.61 Å². The van der Waals surface area contributed by atoms with Gasteiger partial charge in [0, 0.05) is 6.04 Å². The van der Waals surface area contributed by atoms with Crippen molar-refractivity contribution in [2.75, 3.05) is 6.61 Å². The van der Waals surface area contributed by atoms with Crippen LogP contribution in [0.2, 0.25) is 0 Å². The predicted molar refractivity (Wildman–Crippen MR) is 84.8 cm³/mol. The molecule has 0 saturated heterocycles. The molecule has 0 amide bonds. The fourth-order valence-corrected chi connectivity index (χ4v) is 2.00. The number of benzene rings is 2. The molecule has 2 rings (SSSR count). The topological polar surface area (TPSA) is 35.2 Å². The summed E-state index contributed by atoms with van der Waals surface area (Å²) in [5.74, 6) is 0.909. The zero-order chi connectivity index (χ0) is 14.4. The second-order valence-electron chi connectivity index (χ2n) is 4.94. The average molecular weight is 267 g/mol. The summed E-state index contributed by atoms with van der Waals surface area (Å²) in [5.41, 5.74) is 9.30. The molecule has 2 N–H and O–H groups in total. The Kier molecular flexibility index (Phi) is 4.97. The molecular weight excluding hydrogens is 246 g/mol. The van der Waals surface area contributed by atoms with Crippen LogP contribution in [0.3, 0.4) is 0 Å². The second-order valence-corrected chi connectivity index (χ2v) is 4.94. The molecule has 1 atom stereocenters. The molecular formula is C18H21NO. The molecule has 0 unspecified atom stereocenters. The maximum atomic E-state index is 5.87. The first-order chi connectivity index (χ1) is 9.66. The van der Waals surface area contributed by atoms with Crippen molar-refractivity contribution in [3.05, 3.63) is 71.3 Å². The van der Waals surface area contributed by atoms with Gasteiger partial charge in [-0.1, -0.05) is 48.5 Å². The highest BCUT2D eigenvalue weighted by Gasteiger charge is 2.03. The predicted octanol–water partition coefficient (Wildman–Crippen LogP) is 4.11. The Labute approximate surface area is 120 Å². The Bertz CT molecular complexity index is 573. The summed E-state index contributed by atoms with van der Waals surface area (Å²) < 4.78 is 5.77. The molecule has 0 fully saturated rings. The van der Waals surface area contributed by atoms with Crippen LogP contribution in [0.15, 0.2) is 54.6 Å². The summed E-state index contributed by atoms with van der Waals surface area (Å²) >= 11 is 0. The average Bonchev–Trinajstić information content (AvgIpc) is 2.46. The molecule has 0 bridgehead atoms. The van der Waals surface area contributed by atoms with Gasteiger partial charge in [-0.2, -0.15) is 0 Å². The van der Waals surface area contributed by atoms with Gasteiger partial charge >= 0.3 is 0 Å². The van der Waals surface area contributed by atoms with E-state index < -0.39 is 0 Å². The standard InChI is InChI=1S/C18H21NO/c1-14-13-17(15(2)19)10-11-18(14)20-12-6-9-16-7-4-3-5-8-16/h3-11,13,15H,12,19H2,1-2H3/b9-6+/t15-/m0/s1. The molecule has 104 valence electrons. The lowest BCUT2D eigenvalue weighted by molar-refractivity contribution is 0.361. The smallest absolute Gasteiger partial charge is 0.122 e. The van der Waals surface area contributed by atoms with Crippen molar-refractivity contribution in [3.8, 4) is 5.75 Å². The summed E-state index contributed by atoms with van der Waals surface area (Å²) in [6.45, 7) is 4.59. The molecule has 0 aromatic heterocycles. The van der Waals surface area contributed by atoms with E-state index in [4.69, 9.17) is 10.5 Å². The molecule has 0 aliphatic rings. The van der Waals surface area contributed by atoms with Gasteiger partial charge in [-0.15, -0.1) is 0 Å². The van der Waals surface area contributed by atoms with Gasteiger partial charge in [0.25, 0.3) is 0 Å². The first-order valence-electron chi connectivity index (χ1n) is 6.87. The monoisotopic (exact) mass is 267 g/mol. The molecule has 2 heteroatoms. The minimum atomic E-state index is 0.0562. The molecule has 0 spiro atoms. The highest BCUT2D eigenvalue weighted by atomic mass is 16.5. The number of hydrogen-bond donors (Lipinski definition) is 1. The lowest BCUT2D eigenvalue weighted by atomic mass is 10.1.